The molecular formula is C16H14Cl2O. The molecule has 0 bridgehead atoms. The minimum atomic E-state index is 0.0531. The summed E-state index contributed by atoms with van der Waals surface area (Å²) in [6.45, 7) is 2.03. The molecule has 0 aliphatic carbocycles. The fourth-order valence-electron chi connectivity index (χ4n) is 1.90. The third-order valence-electron chi connectivity index (χ3n) is 2.93. The lowest BCUT2D eigenvalue weighted by atomic mass is 10.0. The van der Waals surface area contributed by atoms with Gasteiger partial charge in [-0.2, -0.15) is 0 Å². The van der Waals surface area contributed by atoms with Crippen molar-refractivity contribution in [1.29, 1.82) is 0 Å². The van der Waals surface area contributed by atoms with Crippen LogP contribution >= 0.6 is 23.2 Å². The number of halogens is 2. The van der Waals surface area contributed by atoms with Crippen molar-refractivity contribution in [2.45, 2.75) is 6.92 Å². The monoisotopic (exact) mass is 292 g/mol. The zero-order valence-electron chi connectivity index (χ0n) is 10.5. The number of hydrogen-bond acceptors (Lipinski definition) is 1. The largest absolute Gasteiger partial charge is 0.392 e. The van der Waals surface area contributed by atoms with Crippen LogP contribution in [-0.2, 0) is 0 Å². The number of hydrogen-bond donors (Lipinski definition) is 1. The maximum Gasteiger partial charge on any atom is 0.0618 e. The van der Waals surface area contributed by atoms with Crippen LogP contribution in [0, 0.1) is 0 Å². The molecule has 0 aromatic heterocycles. The van der Waals surface area contributed by atoms with Crippen LogP contribution in [-0.4, -0.2) is 11.7 Å². The van der Waals surface area contributed by atoms with E-state index in [-0.39, 0.29) is 6.61 Å². The molecule has 0 radical (unpaired) electrons. The number of benzene rings is 2. The Kier molecular flexibility index (Phi) is 4.65. The molecule has 0 spiro atoms. The smallest absolute Gasteiger partial charge is 0.0618 e. The van der Waals surface area contributed by atoms with Crippen LogP contribution in [0.25, 0.3) is 16.7 Å². The first-order valence-corrected chi connectivity index (χ1v) is 6.70. The summed E-state index contributed by atoms with van der Waals surface area (Å²) in [6, 6.07) is 13.6. The Bertz CT molecular complexity index is 580. The Morgan fingerprint density at radius 2 is 1.58 bits per heavy atom. The molecule has 0 atom stereocenters. The highest BCUT2D eigenvalue weighted by Crippen LogP contribution is 2.28. The summed E-state index contributed by atoms with van der Waals surface area (Å²) in [6.07, 6.45) is 1.78. The second-order valence-corrected chi connectivity index (χ2v) is 5.18. The van der Waals surface area contributed by atoms with Crippen molar-refractivity contribution in [1.82, 2.24) is 0 Å². The maximum absolute atomic E-state index is 8.89. The minimum Gasteiger partial charge on any atom is -0.392 e. The number of aliphatic hydroxyl groups excluding tert-OH is 1. The summed E-state index contributed by atoms with van der Waals surface area (Å²) in [7, 11) is 0. The summed E-state index contributed by atoms with van der Waals surface area (Å²) < 4.78 is 0. The Morgan fingerprint density at radius 3 is 2.11 bits per heavy atom. The van der Waals surface area contributed by atoms with Crippen LogP contribution in [0.5, 0.6) is 0 Å². The number of aliphatic hydroxyl groups is 1. The first kappa shape index (κ1) is 14.1. The molecule has 2 aromatic carbocycles. The molecule has 0 unspecified atom stereocenters. The Morgan fingerprint density at radius 1 is 1.00 bits per heavy atom. The highest BCUT2D eigenvalue weighted by atomic mass is 35.5. The molecule has 2 aromatic rings. The predicted octanol–water partition coefficient (Wildman–Crippen LogP) is 5.06. The fourth-order valence-corrected chi connectivity index (χ4v) is 2.43. The third kappa shape index (κ3) is 3.60. The topological polar surface area (TPSA) is 20.2 Å². The van der Waals surface area contributed by atoms with Gasteiger partial charge in [0.25, 0.3) is 0 Å². The van der Waals surface area contributed by atoms with Crippen molar-refractivity contribution >= 4 is 28.8 Å². The lowest BCUT2D eigenvalue weighted by Crippen LogP contribution is -1.84. The van der Waals surface area contributed by atoms with E-state index < -0.39 is 0 Å². The molecule has 2 rings (SSSR count). The van der Waals surface area contributed by atoms with Gasteiger partial charge in [-0.3, -0.25) is 0 Å². The summed E-state index contributed by atoms with van der Waals surface area (Å²) in [5, 5.41) is 10.1. The summed E-state index contributed by atoms with van der Waals surface area (Å²) in [4.78, 5) is 0. The second-order valence-electron chi connectivity index (χ2n) is 4.31. The molecule has 1 N–H and O–H groups in total. The molecule has 0 aliphatic rings. The average molecular weight is 293 g/mol. The van der Waals surface area contributed by atoms with Gasteiger partial charge in [-0.1, -0.05) is 53.5 Å². The molecule has 98 valence electrons. The first-order chi connectivity index (χ1) is 9.10. The zero-order chi connectivity index (χ0) is 13.8. The molecule has 1 nitrogen and oxygen atoms in total. The van der Waals surface area contributed by atoms with Crippen LogP contribution in [0.3, 0.4) is 0 Å². The van der Waals surface area contributed by atoms with E-state index in [2.05, 4.69) is 0 Å². The Labute approximate surface area is 123 Å². The van der Waals surface area contributed by atoms with E-state index in [1.54, 1.807) is 12.1 Å². The van der Waals surface area contributed by atoms with E-state index in [0.29, 0.717) is 10.0 Å². The molecule has 3 heteroatoms. The Balaban J connectivity index is 2.35. The van der Waals surface area contributed by atoms with Crippen LogP contribution in [0.15, 0.2) is 48.5 Å². The molecule has 0 heterocycles. The molecule has 0 saturated carbocycles. The van der Waals surface area contributed by atoms with Crippen LogP contribution in [0.4, 0.5) is 0 Å². The standard InChI is InChI=1S/C16H14Cl2O/c1-11(6-7-19)12-2-4-13(5-3-12)14-8-15(17)10-16(18)9-14/h2-6,8-10,19H,7H2,1H3/b11-6+. The molecule has 0 aliphatic heterocycles. The van der Waals surface area contributed by atoms with Crippen molar-refractivity contribution in [2.24, 2.45) is 0 Å². The molecule has 0 amide bonds. The molecule has 0 fully saturated rings. The quantitative estimate of drug-likeness (QED) is 0.839. The van der Waals surface area contributed by atoms with Gasteiger partial charge in [0.05, 0.1) is 6.61 Å². The van der Waals surface area contributed by atoms with E-state index in [1.807, 2.05) is 43.3 Å². The van der Waals surface area contributed by atoms with Gasteiger partial charge in [-0.25, -0.2) is 0 Å². The summed E-state index contributed by atoms with van der Waals surface area (Å²) >= 11 is 12.0. The summed E-state index contributed by atoms with van der Waals surface area (Å²) in [5.74, 6) is 0. The van der Waals surface area contributed by atoms with Crippen LogP contribution in [0.1, 0.15) is 12.5 Å². The van der Waals surface area contributed by atoms with Crippen molar-refractivity contribution < 1.29 is 5.11 Å². The molecular weight excluding hydrogens is 279 g/mol. The second kappa shape index (κ2) is 6.25. The van der Waals surface area contributed by atoms with E-state index in [4.69, 9.17) is 28.3 Å². The zero-order valence-corrected chi connectivity index (χ0v) is 12.0. The van der Waals surface area contributed by atoms with Gasteiger partial charge < -0.3 is 5.11 Å². The predicted molar refractivity (Wildman–Crippen MR) is 82.6 cm³/mol. The van der Waals surface area contributed by atoms with E-state index in [0.717, 1.165) is 22.3 Å². The van der Waals surface area contributed by atoms with Gasteiger partial charge in [0, 0.05) is 10.0 Å². The van der Waals surface area contributed by atoms with Gasteiger partial charge in [-0.15, -0.1) is 0 Å². The van der Waals surface area contributed by atoms with Crippen molar-refractivity contribution in [3.8, 4) is 11.1 Å². The minimum absolute atomic E-state index is 0.0531. The van der Waals surface area contributed by atoms with Gasteiger partial charge in [-0.05, 0) is 47.4 Å². The number of rotatable bonds is 3. The van der Waals surface area contributed by atoms with Crippen molar-refractivity contribution in [2.75, 3.05) is 6.61 Å². The average Bonchev–Trinajstić information content (AvgIpc) is 2.38. The SMILES string of the molecule is C/C(=C\CO)c1ccc(-c2cc(Cl)cc(Cl)c2)cc1. The van der Waals surface area contributed by atoms with Gasteiger partial charge in [0.1, 0.15) is 0 Å². The third-order valence-corrected chi connectivity index (χ3v) is 3.37. The van der Waals surface area contributed by atoms with E-state index in [1.165, 1.54) is 0 Å². The normalized spacial score (nSPS) is 11.7. The number of allylic oxidation sites excluding steroid dienone is 1. The van der Waals surface area contributed by atoms with Crippen LogP contribution < -0.4 is 0 Å². The lowest BCUT2D eigenvalue weighted by molar-refractivity contribution is 0.343. The van der Waals surface area contributed by atoms with E-state index >= 15 is 0 Å². The van der Waals surface area contributed by atoms with Gasteiger partial charge >= 0.3 is 0 Å². The van der Waals surface area contributed by atoms with Crippen molar-refractivity contribution in [3.05, 3.63) is 64.1 Å². The fraction of sp³-hybridized carbons (Fsp3) is 0.125. The van der Waals surface area contributed by atoms with Gasteiger partial charge in [0.15, 0.2) is 0 Å². The lowest BCUT2D eigenvalue weighted by Gasteiger charge is -2.06. The highest BCUT2D eigenvalue weighted by Gasteiger charge is 2.02. The maximum atomic E-state index is 8.89. The van der Waals surface area contributed by atoms with Crippen molar-refractivity contribution in [3.63, 3.8) is 0 Å². The first-order valence-electron chi connectivity index (χ1n) is 5.94. The van der Waals surface area contributed by atoms with Gasteiger partial charge in [0.2, 0.25) is 0 Å². The molecule has 19 heavy (non-hydrogen) atoms. The summed E-state index contributed by atoms with van der Waals surface area (Å²) in [5.41, 5.74) is 4.20. The highest BCUT2D eigenvalue weighted by molar-refractivity contribution is 6.35. The Hall–Kier alpha value is -1.28. The van der Waals surface area contributed by atoms with E-state index in [9.17, 15) is 0 Å². The van der Waals surface area contributed by atoms with Crippen LogP contribution in [0.2, 0.25) is 10.0 Å². The molecule has 0 saturated heterocycles.